The zero-order valence-corrected chi connectivity index (χ0v) is 10.4. The number of nitrogen functional groups attached to an aromatic ring is 1. The first kappa shape index (κ1) is 12.5. The van der Waals surface area contributed by atoms with E-state index in [9.17, 15) is 9.18 Å². The van der Waals surface area contributed by atoms with Gasteiger partial charge in [0.15, 0.2) is 11.6 Å². The summed E-state index contributed by atoms with van der Waals surface area (Å²) < 4.78 is 13.6. The molecule has 1 atom stereocenters. The van der Waals surface area contributed by atoms with Gasteiger partial charge in [-0.1, -0.05) is 0 Å². The van der Waals surface area contributed by atoms with Gasteiger partial charge in [0, 0.05) is 20.1 Å². The molecule has 2 heterocycles. The van der Waals surface area contributed by atoms with Gasteiger partial charge in [-0.3, -0.25) is 4.79 Å². The molecule has 1 amide bonds. The summed E-state index contributed by atoms with van der Waals surface area (Å²) in [7, 11) is 1.60. The van der Waals surface area contributed by atoms with Crippen LogP contribution in [0.5, 0.6) is 0 Å². The average molecular weight is 253 g/mol. The fourth-order valence-electron chi connectivity index (χ4n) is 2.22. The number of anilines is 2. The Morgan fingerprint density at radius 2 is 2.39 bits per heavy atom. The SMILES string of the molecule is CNC(=O)C1(C)CCN(c2nc(N)ncc2F)C1. The highest BCUT2D eigenvalue weighted by atomic mass is 19.1. The van der Waals surface area contributed by atoms with E-state index >= 15 is 0 Å². The largest absolute Gasteiger partial charge is 0.368 e. The van der Waals surface area contributed by atoms with E-state index in [-0.39, 0.29) is 17.7 Å². The second kappa shape index (κ2) is 4.40. The van der Waals surface area contributed by atoms with Gasteiger partial charge >= 0.3 is 0 Å². The van der Waals surface area contributed by atoms with Gasteiger partial charge in [0.2, 0.25) is 11.9 Å². The predicted molar refractivity (Wildman–Crippen MR) is 65.4 cm³/mol. The maximum absolute atomic E-state index is 13.6. The van der Waals surface area contributed by atoms with Crippen LogP contribution in [0.2, 0.25) is 0 Å². The van der Waals surface area contributed by atoms with Crippen molar-refractivity contribution < 1.29 is 9.18 Å². The van der Waals surface area contributed by atoms with E-state index in [1.165, 1.54) is 0 Å². The Hall–Kier alpha value is -1.92. The van der Waals surface area contributed by atoms with Gasteiger partial charge < -0.3 is 16.0 Å². The highest BCUT2D eigenvalue weighted by Crippen LogP contribution is 2.33. The smallest absolute Gasteiger partial charge is 0.227 e. The lowest BCUT2D eigenvalue weighted by Crippen LogP contribution is -2.39. The Labute approximate surface area is 104 Å². The number of amides is 1. The number of nitrogens with zero attached hydrogens (tertiary/aromatic N) is 3. The van der Waals surface area contributed by atoms with Gasteiger partial charge in [0.1, 0.15) is 0 Å². The maximum atomic E-state index is 13.6. The summed E-state index contributed by atoms with van der Waals surface area (Å²) in [4.78, 5) is 21.0. The summed E-state index contributed by atoms with van der Waals surface area (Å²) in [6.07, 6.45) is 1.70. The molecule has 0 radical (unpaired) electrons. The summed E-state index contributed by atoms with van der Waals surface area (Å²) in [5.41, 5.74) is 4.93. The standard InChI is InChI=1S/C11H16FN5O/c1-11(9(18)14-2)3-4-17(6-11)8-7(12)5-15-10(13)16-8/h5H,3-4,6H2,1-2H3,(H,14,18)(H2,13,15,16). The minimum Gasteiger partial charge on any atom is -0.368 e. The van der Waals surface area contributed by atoms with Gasteiger partial charge in [0.05, 0.1) is 11.6 Å². The van der Waals surface area contributed by atoms with Crippen molar-refractivity contribution >= 4 is 17.7 Å². The van der Waals surface area contributed by atoms with Crippen molar-refractivity contribution in [3.8, 4) is 0 Å². The van der Waals surface area contributed by atoms with Crippen LogP contribution in [0.1, 0.15) is 13.3 Å². The lowest BCUT2D eigenvalue weighted by Gasteiger charge is -2.23. The van der Waals surface area contributed by atoms with Crippen LogP contribution in [0.25, 0.3) is 0 Å². The van der Waals surface area contributed by atoms with Gasteiger partial charge in [-0.2, -0.15) is 4.98 Å². The van der Waals surface area contributed by atoms with E-state index in [4.69, 9.17) is 5.73 Å². The monoisotopic (exact) mass is 253 g/mol. The molecule has 0 spiro atoms. The highest BCUT2D eigenvalue weighted by Gasteiger charge is 2.41. The number of halogens is 1. The Kier molecular flexibility index (Phi) is 3.06. The molecule has 1 aliphatic heterocycles. The second-order valence-corrected chi connectivity index (χ2v) is 4.71. The van der Waals surface area contributed by atoms with Crippen LogP contribution >= 0.6 is 0 Å². The minimum absolute atomic E-state index is 0.0277. The summed E-state index contributed by atoms with van der Waals surface area (Å²) in [6.45, 7) is 2.84. The number of hydrogen-bond acceptors (Lipinski definition) is 5. The molecule has 1 aromatic heterocycles. The Balaban J connectivity index is 2.23. The number of hydrogen-bond donors (Lipinski definition) is 2. The molecule has 0 saturated carbocycles. The molecule has 6 nitrogen and oxygen atoms in total. The van der Waals surface area contributed by atoms with E-state index < -0.39 is 11.2 Å². The Bertz CT molecular complexity index is 481. The number of rotatable bonds is 2. The first-order chi connectivity index (χ1) is 8.46. The molecule has 3 N–H and O–H groups in total. The van der Waals surface area contributed by atoms with Crippen molar-refractivity contribution in [2.45, 2.75) is 13.3 Å². The second-order valence-electron chi connectivity index (χ2n) is 4.71. The number of nitrogens with one attached hydrogen (secondary N) is 1. The molecule has 98 valence electrons. The molecule has 1 aliphatic rings. The zero-order valence-electron chi connectivity index (χ0n) is 10.4. The molecule has 0 bridgehead atoms. The summed E-state index contributed by atoms with van der Waals surface area (Å²) in [5.74, 6) is -0.382. The van der Waals surface area contributed by atoms with Crippen molar-refractivity contribution in [3.05, 3.63) is 12.0 Å². The molecule has 2 rings (SSSR count). The first-order valence-corrected chi connectivity index (χ1v) is 5.71. The number of carbonyl (C=O) groups excluding carboxylic acids is 1. The van der Waals surface area contributed by atoms with E-state index in [2.05, 4.69) is 15.3 Å². The molecular weight excluding hydrogens is 237 g/mol. The third kappa shape index (κ3) is 2.07. The van der Waals surface area contributed by atoms with E-state index in [0.717, 1.165) is 6.20 Å². The van der Waals surface area contributed by atoms with Crippen molar-refractivity contribution in [1.29, 1.82) is 0 Å². The maximum Gasteiger partial charge on any atom is 0.227 e. The van der Waals surface area contributed by atoms with Crippen LogP contribution in [0.3, 0.4) is 0 Å². The van der Waals surface area contributed by atoms with Crippen LogP contribution in [-0.2, 0) is 4.79 Å². The van der Waals surface area contributed by atoms with E-state index in [1.807, 2.05) is 6.92 Å². The van der Waals surface area contributed by atoms with Gasteiger partial charge in [-0.05, 0) is 13.3 Å². The number of nitrogens with two attached hydrogens (primary N) is 1. The summed E-state index contributed by atoms with van der Waals surface area (Å²) >= 11 is 0. The quantitative estimate of drug-likeness (QED) is 0.784. The summed E-state index contributed by atoms with van der Waals surface area (Å²) in [5, 5.41) is 2.63. The van der Waals surface area contributed by atoms with Crippen molar-refractivity contribution in [2.24, 2.45) is 5.41 Å². The highest BCUT2D eigenvalue weighted by molar-refractivity contribution is 5.83. The van der Waals surface area contributed by atoms with Crippen molar-refractivity contribution in [3.63, 3.8) is 0 Å². The lowest BCUT2D eigenvalue weighted by molar-refractivity contribution is -0.128. The van der Waals surface area contributed by atoms with Crippen LogP contribution in [0, 0.1) is 11.2 Å². The Morgan fingerprint density at radius 3 is 3.06 bits per heavy atom. The fourth-order valence-corrected chi connectivity index (χ4v) is 2.22. The predicted octanol–water partition coefficient (Wildman–Crippen LogP) is 0.160. The van der Waals surface area contributed by atoms with Gasteiger partial charge in [-0.25, -0.2) is 9.37 Å². The molecule has 1 fully saturated rings. The molecule has 0 aromatic carbocycles. The van der Waals surface area contributed by atoms with Crippen LogP contribution in [-0.4, -0.2) is 36.0 Å². The van der Waals surface area contributed by atoms with E-state index in [1.54, 1.807) is 11.9 Å². The average Bonchev–Trinajstić information content (AvgIpc) is 2.75. The van der Waals surface area contributed by atoms with Crippen molar-refractivity contribution in [2.75, 3.05) is 30.8 Å². The lowest BCUT2D eigenvalue weighted by atomic mass is 9.89. The van der Waals surface area contributed by atoms with Crippen LogP contribution in [0.4, 0.5) is 16.2 Å². The molecule has 1 aromatic rings. The van der Waals surface area contributed by atoms with Crippen LogP contribution < -0.4 is 16.0 Å². The number of aromatic nitrogens is 2. The summed E-state index contributed by atoms with van der Waals surface area (Å²) in [6, 6.07) is 0. The molecule has 18 heavy (non-hydrogen) atoms. The third-order valence-electron chi connectivity index (χ3n) is 3.29. The van der Waals surface area contributed by atoms with Gasteiger partial charge in [-0.15, -0.1) is 0 Å². The van der Waals surface area contributed by atoms with Gasteiger partial charge in [0.25, 0.3) is 0 Å². The normalized spacial score (nSPS) is 23.2. The Morgan fingerprint density at radius 1 is 1.67 bits per heavy atom. The molecule has 1 unspecified atom stereocenters. The fraction of sp³-hybridized carbons (Fsp3) is 0.545. The zero-order chi connectivity index (χ0) is 13.3. The number of carbonyl (C=O) groups is 1. The molecule has 0 aliphatic carbocycles. The minimum atomic E-state index is -0.527. The molecular formula is C11H16FN5O. The third-order valence-corrected chi connectivity index (χ3v) is 3.29. The first-order valence-electron chi connectivity index (χ1n) is 5.71. The molecule has 1 saturated heterocycles. The topological polar surface area (TPSA) is 84.1 Å². The van der Waals surface area contributed by atoms with E-state index in [0.29, 0.717) is 19.5 Å². The molecule has 7 heteroatoms. The van der Waals surface area contributed by atoms with Crippen LogP contribution in [0.15, 0.2) is 6.20 Å². The van der Waals surface area contributed by atoms with Crippen molar-refractivity contribution in [1.82, 2.24) is 15.3 Å².